The van der Waals surface area contributed by atoms with Gasteiger partial charge < -0.3 is 10.2 Å². The van der Waals surface area contributed by atoms with Gasteiger partial charge in [-0.1, -0.05) is 11.8 Å². The van der Waals surface area contributed by atoms with Crippen molar-refractivity contribution in [1.82, 2.24) is 10.2 Å². The fourth-order valence-corrected chi connectivity index (χ4v) is 3.65. The smallest absolute Gasteiger partial charge is 0.156 e. The Kier molecular flexibility index (Phi) is 4.36. The van der Waals surface area contributed by atoms with Gasteiger partial charge in [0.25, 0.3) is 0 Å². The third-order valence-corrected chi connectivity index (χ3v) is 4.66. The van der Waals surface area contributed by atoms with E-state index in [4.69, 9.17) is 4.99 Å². The van der Waals surface area contributed by atoms with Crippen LogP contribution in [0.5, 0.6) is 0 Å². The Morgan fingerprint density at radius 2 is 2.12 bits per heavy atom. The van der Waals surface area contributed by atoms with Gasteiger partial charge in [-0.05, 0) is 59.2 Å². The minimum atomic E-state index is 0.233. The average molecular weight is 255 g/mol. The van der Waals surface area contributed by atoms with E-state index in [1.54, 1.807) is 0 Å². The van der Waals surface area contributed by atoms with Crippen LogP contribution in [0.4, 0.5) is 0 Å². The quantitative estimate of drug-likeness (QED) is 0.819. The van der Waals surface area contributed by atoms with Gasteiger partial charge >= 0.3 is 0 Å². The van der Waals surface area contributed by atoms with E-state index < -0.39 is 0 Å². The van der Waals surface area contributed by atoms with Gasteiger partial charge in [-0.15, -0.1) is 0 Å². The lowest BCUT2D eigenvalue weighted by atomic mass is 9.97. The highest BCUT2D eigenvalue weighted by molar-refractivity contribution is 8.13. The third kappa shape index (κ3) is 4.18. The SMILES string of the molecule is CN1CCC(CN=C2NC(C)(C)CCS2)CC1. The van der Waals surface area contributed by atoms with Gasteiger partial charge in [-0.3, -0.25) is 4.99 Å². The highest BCUT2D eigenvalue weighted by Gasteiger charge is 2.24. The zero-order valence-electron chi connectivity index (χ0n) is 11.3. The molecule has 0 unspecified atom stereocenters. The van der Waals surface area contributed by atoms with Crippen LogP contribution in [0.2, 0.25) is 0 Å². The summed E-state index contributed by atoms with van der Waals surface area (Å²) in [4.78, 5) is 7.19. The van der Waals surface area contributed by atoms with Crippen LogP contribution in [-0.2, 0) is 0 Å². The molecule has 98 valence electrons. The fourth-order valence-electron chi connectivity index (χ4n) is 2.33. The van der Waals surface area contributed by atoms with Crippen LogP contribution in [0.3, 0.4) is 0 Å². The molecular weight excluding hydrogens is 230 g/mol. The molecule has 0 bridgehead atoms. The van der Waals surface area contributed by atoms with Crippen LogP contribution >= 0.6 is 11.8 Å². The van der Waals surface area contributed by atoms with Crippen LogP contribution in [0.25, 0.3) is 0 Å². The first-order valence-electron chi connectivity index (χ1n) is 6.69. The normalized spacial score (nSPS) is 29.2. The zero-order valence-corrected chi connectivity index (χ0v) is 12.1. The molecule has 3 nitrogen and oxygen atoms in total. The number of aliphatic imine (C=N–C) groups is 1. The number of nitrogens with zero attached hydrogens (tertiary/aromatic N) is 2. The van der Waals surface area contributed by atoms with Crippen LogP contribution in [0.15, 0.2) is 4.99 Å². The summed E-state index contributed by atoms with van der Waals surface area (Å²) in [5.41, 5.74) is 0.233. The molecule has 2 saturated heterocycles. The molecular formula is C13H25N3S. The minimum Gasteiger partial charge on any atom is -0.360 e. The molecule has 2 rings (SSSR count). The maximum atomic E-state index is 4.78. The van der Waals surface area contributed by atoms with E-state index in [0.29, 0.717) is 0 Å². The Morgan fingerprint density at radius 3 is 2.76 bits per heavy atom. The van der Waals surface area contributed by atoms with Crippen molar-refractivity contribution >= 4 is 16.9 Å². The number of likely N-dealkylation sites (tertiary alicyclic amines) is 1. The van der Waals surface area contributed by atoms with Crippen molar-refractivity contribution in [1.29, 1.82) is 0 Å². The van der Waals surface area contributed by atoms with Crippen LogP contribution < -0.4 is 5.32 Å². The predicted molar refractivity (Wildman–Crippen MR) is 76.8 cm³/mol. The highest BCUT2D eigenvalue weighted by atomic mass is 32.2. The molecule has 4 heteroatoms. The van der Waals surface area contributed by atoms with Crippen molar-refractivity contribution < 1.29 is 0 Å². The number of amidine groups is 1. The van der Waals surface area contributed by atoms with Gasteiger partial charge in [0.2, 0.25) is 0 Å². The maximum Gasteiger partial charge on any atom is 0.156 e. The van der Waals surface area contributed by atoms with E-state index in [-0.39, 0.29) is 5.54 Å². The molecule has 0 aliphatic carbocycles. The molecule has 2 heterocycles. The first-order chi connectivity index (χ1) is 8.05. The summed E-state index contributed by atoms with van der Waals surface area (Å²) in [6, 6.07) is 0. The van der Waals surface area contributed by atoms with E-state index in [0.717, 1.165) is 12.5 Å². The average Bonchev–Trinajstić information content (AvgIpc) is 2.27. The van der Waals surface area contributed by atoms with Gasteiger partial charge in [-0.2, -0.15) is 0 Å². The van der Waals surface area contributed by atoms with Gasteiger partial charge in [0.05, 0.1) is 0 Å². The Balaban J connectivity index is 1.80. The molecule has 0 atom stereocenters. The molecule has 0 aromatic rings. The van der Waals surface area contributed by atoms with E-state index in [9.17, 15) is 0 Å². The maximum absolute atomic E-state index is 4.78. The van der Waals surface area contributed by atoms with Crippen molar-refractivity contribution in [3.63, 3.8) is 0 Å². The van der Waals surface area contributed by atoms with Crippen molar-refractivity contribution in [2.75, 3.05) is 32.4 Å². The summed E-state index contributed by atoms with van der Waals surface area (Å²) < 4.78 is 0. The molecule has 0 aromatic carbocycles. The molecule has 0 saturated carbocycles. The first kappa shape index (κ1) is 13.2. The number of hydrogen-bond donors (Lipinski definition) is 1. The van der Waals surface area contributed by atoms with Crippen molar-refractivity contribution in [2.45, 2.75) is 38.6 Å². The number of thioether (sulfide) groups is 1. The number of nitrogens with one attached hydrogen (secondary N) is 1. The van der Waals surface area contributed by atoms with Crippen LogP contribution in [-0.4, -0.2) is 48.0 Å². The standard InChI is InChI=1S/C13H25N3S/c1-13(2)6-9-17-12(15-13)14-10-11-4-7-16(3)8-5-11/h11H,4-10H2,1-3H3,(H,14,15). The molecule has 1 N–H and O–H groups in total. The molecule has 2 aliphatic rings. The monoisotopic (exact) mass is 255 g/mol. The summed E-state index contributed by atoms with van der Waals surface area (Å²) >= 11 is 1.88. The van der Waals surface area contributed by atoms with Crippen molar-refractivity contribution in [3.05, 3.63) is 0 Å². The second kappa shape index (κ2) is 5.61. The lowest BCUT2D eigenvalue weighted by molar-refractivity contribution is 0.223. The molecule has 2 aliphatic heterocycles. The van der Waals surface area contributed by atoms with Gasteiger partial charge in [0.15, 0.2) is 5.17 Å². The topological polar surface area (TPSA) is 27.6 Å². The lowest BCUT2D eigenvalue weighted by Gasteiger charge is -2.33. The third-order valence-electron chi connectivity index (χ3n) is 3.74. The molecule has 17 heavy (non-hydrogen) atoms. The number of rotatable bonds is 2. The molecule has 0 radical (unpaired) electrons. The summed E-state index contributed by atoms with van der Waals surface area (Å²) in [7, 11) is 2.21. The molecule has 0 spiro atoms. The lowest BCUT2D eigenvalue weighted by Crippen LogP contribution is -2.46. The fraction of sp³-hybridized carbons (Fsp3) is 0.923. The Morgan fingerprint density at radius 1 is 1.41 bits per heavy atom. The number of piperidine rings is 1. The highest BCUT2D eigenvalue weighted by Crippen LogP contribution is 2.22. The molecule has 2 fully saturated rings. The van der Waals surface area contributed by atoms with Gasteiger partial charge in [0.1, 0.15) is 0 Å². The Hall–Kier alpha value is -0.220. The molecule has 0 amide bonds. The van der Waals surface area contributed by atoms with Crippen molar-refractivity contribution in [2.24, 2.45) is 10.9 Å². The van der Waals surface area contributed by atoms with E-state index in [1.807, 2.05) is 11.8 Å². The van der Waals surface area contributed by atoms with E-state index in [2.05, 4.69) is 31.1 Å². The summed E-state index contributed by atoms with van der Waals surface area (Å²) in [5, 5.41) is 4.71. The van der Waals surface area contributed by atoms with Crippen molar-refractivity contribution in [3.8, 4) is 0 Å². The second-order valence-corrected chi connectivity index (χ2v) is 7.08. The van der Waals surface area contributed by atoms with Gasteiger partial charge in [0, 0.05) is 17.8 Å². The summed E-state index contributed by atoms with van der Waals surface area (Å²) in [6.07, 6.45) is 3.84. The first-order valence-corrected chi connectivity index (χ1v) is 7.68. The zero-order chi connectivity index (χ0) is 12.3. The summed E-state index contributed by atoms with van der Waals surface area (Å²) in [5.74, 6) is 2.00. The molecule has 0 aromatic heterocycles. The van der Waals surface area contributed by atoms with Gasteiger partial charge in [-0.25, -0.2) is 0 Å². The summed E-state index contributed by atoms with van der Waals surface area (Å²) in [6.45, 7) is 8.01. The Bertz CT molecular complexity index is 280. The minimum absolute atomic E-state index is 0.233. The predicted octanol–water partition coefficient (Wildman–Crippen LogP) is 2.19. The van der Waals surface area contributed by atoms with Crippen LogP contribution in [0.1, 0.15) is 33.1 Å². The van der Waals surface area contributed by atoms with Crippen LogP contribution in [0, 0.1) is 5.92 Å². The largest absolute Gasteiger partial charge is 0.360 e. The second-order valence-electron chi connectivity index (χ2n) is 6.00. The van der Waals surface area contributed by atoms with E-state index >= 15 is 0 Å². The number of hydrogen-bond acceptors (Lipinski definition) is 3. The Labute approximate surface area is 109 Å². The van der Waals surface area contributed by atoms with E-state index in [1.165, 1.54) is 43.3 Å².